The van der Waals surface area contributed by atoms with Crippen molar-refractivity contribution < 1.29 is 20.1 Å². The number of rotatable bonds is 41. The summed E-state index contributed by atoms with van der Waals surface area (Å²) in [5.41, 5.74) is 0. The molecule has 1 amide bonds. The molecule has 3 atom stereocenters. The van der Waals surface area contributed by atoms with E-state index < -0.39 is 18.2 Å². The van der Waals surface area contributed by atoms with Crippen molar-refractivity contribution in [2.45, 2.75) is 263 Å². The Morgan fingerprint density at radius 2 is 0.800 bits per heavy atom. The van der Waals surface area contributed by atoms with Crippen LogP contribution in [-0.2, 0) is 4.79 Å². The Labute approximate surface area is 312 Å². The van der Waals surface area contributed by atoms with E-state index in [9.17, 15) is 20.1 Å². The van der Waals surface area contributed by atoms with Gasteiger partial charge < -0.3 is 20.6 Å². The smallest absolute Gasteiger partial charge is 0.222 e. The Morgan fingerprint density at radius 3 is 1.18 bits per heavy atom. The van der Waals surface area contributed by atoms with Crippen LogP contribution in [0.4, 0.5) is 0 Å². The van der Waals surface area contributed by atoms with Crippen LogP contribution < -0.4 is 5.32 Å². The standard InChI is InChI=1S/C45H89NO4/c1-3-5-7-9-11-13-15-17-19-20-21-22-23-24-25-27-29-31-33-35-37-39-44(49)43(41-47)46-45(50)40-42(48)38-36-34-32-30-28-26-18-16-14-12-10-8-6-4-2/h26,28,42-44,47-49H,3-25,27,29-41H2,1-2H3,(H,46,50)/b28-26-. The molecule has 0 aliphatic carbocycles. The monoisotopic (exact) mass is 708 g/mol. The molecule has 5 heteroatoms. The van der Waals surface area contributed by atoms with Crippen molar-refractivity contribution in [1.29, 1.82) is 0 Å². The van der Waals surface area contributed by atoms with E-state index in [0.29, 0.717) is 12.8 Å². The predicted molar refractivity (Wildman–Crippen MR) is 218 cm³/mol. The van der Waals surface area contributed by atoms with Gasteiger partial charge in [0.1, 0.15) is 0 Å². The third-order valence-electron chi connectivity index (χ3n) is 10.6. The molecule has 3 unspecified atom stereocenters. The van der Waals surface area contributed by atoms with Gasteiger partial charge >= 0.3 is 0 Å². The second kappa shape index (κ2) is 40.9. The molecule has 5 nitrogen and oxygen atoms in total. The van der Waals surface area contributed by atoms with Crippen LogP contribution >= 0.6 is 0 Å². The zero-order valence-electron chi connectivity index (χ0n) is 33.8. The number of carbonyl (C=O) groups is 1. The first-order chi connectivity index (χ1) is 24.5. The molecular formula is C45H89NO4. The van der Waals surface area contributed by atoms with Crippen LogP contribution in [0, 0.1) is 0 Å². The SMILES string of the molecule is CCCCCCCCC/C=C\CCCCCC(O)CC(=O)NC(CO)C(O)CCCCCCCCCCCCCCCCCCCCCCC. The number of aliphatic hydroxyl groups excluding tert-OH is 3. The van der Waals surface area contributed by atoms with E-state index in [1.807, 2.05) is 0 Å². The molecular weight excluding hydrogens is 618 g/mol. The molecule has 4 N–H and O–H groups in total. The summed E-state index contributed by atoms with van der Waals surface area (Å²) >= 11 is 0. The minimum Gasteiger partial charge on any atom is -0.394 e. The zero-order chi connectivity index (χ0) is 36.6. The van der Waals surface area contributed by atoms with Crippen molar-refractivity contribution in [3.8, 4) is 0 Å². The van der Waals surface area contributed by atoms with Gasteiger partial charge in [0.25, 0.3) is 0 Å². The average molecular weight is 708 g/mol. The van der Waals surface area contributed by atoms with E-state index in [1.54, 1.807) is 0 Å². The highest BCUT2D eigenvalue weighted by molar-refractivity contribution is 5.76. The highest BCUT2D eigenvalue weighted by Crippen LogP contribution is 2.16. The second-order valence-electron chi connectivity index (χ2n) is 15.7. The minimum atomic E-state index is -0.750. The summed E-state index contributed by atoms with van der Waals surface area (Å²) in [5.74, 6) is -0.289. The number of amides is 1. The zero-order valence-corrected chi connectivity index (χ0v) is 33.8. The van der Waals surface area contributed by atoms with Gasteiger partial charge in [-0.15, -0.1) is 0 Å². The predicted octanol–water partition coefficient (Wildman–Crippen LogP) is 12.8. The van der Waals surface area contributed by atoms with Gasteiger partial charge in [-0.25, -0.2) is 0 Å². The molecule has 0 spiro atoms. The van der Waals surface area contributed by atoms with Gasteiger partial charge in [-0.2, -0.15) is 0 Å². The van der Waals surface area contributed by atoms with Gasteiger partial charge in [-0.1, -0.05) is 212 Å². The van der Waals surface area contributed by atoms with E-state index >= 15 is 0 Å². The first-order valence-corrected chi connectivity index (χ1v) is 22.5. The van der Waals surface area contributed by atoms with E-state index in [4.69, 9.17) is 0 Å². The highest BCUT2D eigenvalue weighted by atomic mass is 16.3. The fourth-order valence-corrected chi connectivity index (χ4v) is 7.11. The maximum absolute atomic E-state index is 12.4. The molecule has 0 radical (unpaired) electrons. The molecule has 0 rings (SSSR count). The van der Waals surface area contributed by atoms with Gasteiger partial charge in [-0.3, -0.25) is 4.79 Å². The van der Waals surface area contributed by atoms with Crippen LogP contribution in [0.1, 0.15) is 245 Å². The van der Waals surface area contributed by atoms with E-state index in [1.165, 1.54) is 173 Å². The first kappa shape index (κ1) is 49.1. The average Bonchev–Trinajstić information content (AvgIpc) is 3.11. The van der Waals surface area contributed by atoms with Crippen molar-refractivity contribution >= 4 is 5.91 Å². The van der Waals surface area contributed by atoms with Crippen LogP contribution in [0.15, 0.2) is 12.2 Å². The maximum atomic E-state index is 12.4. The highest BCUT2D eigenvalue weighted by Gasteiger charge is 2.21. The van der Waals surface area contributed by atoms with E-state index in [0.717, 1.165) is 38.5 Å². The van der Waals surface area contributed by atoms with Crippen LogP contribution in [0.3, 0.4) is 0 Å². The summed E-state index contributed by atoms with van der Waals surface area (Å²) < 4.78 is 0. The second-order valence-corrected chi connectivity index (χ2v) is 15.7. The molecule has 0 heterocycles. The molecule has 0 fully saturated rings. The molecule has 298 valence electrons. The number of carbonyl (C=O) groups excluding carboxylic acids is 1. The van der Waals surface area contributed by atoms with Crippen molar-refractivity contribution in [3.05, 3.63) is 12.2 Å². The molecule has 0 aliphatic heterocycles. The molecule has 0 aliphatic rings. The molecule has 50 heavy (non-hydrogen) atoms. The topological polar surface area (TPSA) is 89.8 Å². The minimum absolute atomic E-state index is 0.0287. The summed E-state index contributed by atoms with van der Waals surface area (Å²) in [7, 11) is 0. The quantitative estimate of drug-likeness (QED) is 0.0376. The Hall–Kier alpha value is -0.910. The van der Waals surface area contributed by atoms with Gasteiger partial charge in [0.05, 0.1) is 31.3 Å². The fraction of sp³-hybridized carbons (Fsp3) is 0.933. The van der Waals surface area contributed by atoms with Crippen LogP contribution in [0.2, 0.25) is 0 Å². The maximum Gasteiger partial charge on any atom is 0.222 e. The lowest BCUT2D eigenvalue weighted by atomic mass is 10.0. The third kappa shape index (κ3) is 36.9. The Balaban J connectivity index is 3.59. The lowest BCUT2D eigenvalue weighted by Crippen LogP contribution is -2.46. The third-order valence-corrected chi connectivity index (χ3v) is 10.6. The van der Waals surface area contributed by atoms with Gasteiger partial charge in [-0.05, 0) is 38.5 Å². The lowest BCUT2D eigenvalue weighted by molar-refractivity contribution is -0.125. The molecule has 0 saturated carbocycles. The van der Waals surface area contributed by atoms with Gasteiger partial charge in [0.2, 0.25) is 5.91 Å². The van der Waals surface area contributed by atoms with Crippen molar-refractivity contribution in [2.24, 2.45) is 0 Å². The Morgan fingerprint density at radius 1 is 0.480 bits per heavy atom. The number of allylic oxidation sites excluding steroid dienone is 2. The van der Waals surface area contributed by atoms with Crippen molar-refractivity contribution in [3.63, 3.8) is 0 Å². The molecule has 0 saturated heterocycles. The summed E-state index contributed by atoms with van der Waals surface area (Å²) in [6.07, 6.45) is 47.5. The fourth-order valence-electron chi connectivity index (χ4n) is 7.11. The molecule has 0 bridgehead atoms. The van der Waals surface area contributed by atoms with Crippen LogP contribution in [0.25, 0.3) is 0 Å². The number of nitrogens with one attached hydrogen (secondary N) is 1. The molecule has 0 aromatic heterocycles. The number of unbranched alkanes of at least 4 members (excludes halogenated alkanes) is 30. The summed E-state index contributed by atoms with van der Waals surface area (Å²) in [6, 6.07) is -0.660. The largest absolute Gasteiger partial charge is 0.394 e. The first-order valence-electron chi connectivity index (χ1n) is 22.5. The van der Waals surface area contributed by atoms with Gasteiger partial charge in [0.15, 0.2) is 0 Å². The van der Waals surface area contributed by atoms with E-state index in [-0.39, 0.29) is 18.9 Å². The summed E-state index contributed by atoms with van der Waals surface area (Å²) in [4.78, 5) is 12.4. The lowest BCUT2D eigenvalue weighted by Gasteiger charge is -2.23. The Bertz CT molecular complexity index is 699. The normalized spacial score (nSPS) is 13.6. The number of hydrogen-bond donors (Lipinski definition) is 4. The van der Waals surface area contributed by atoms with Gasteiger partial charge in [0, 0.05) is 0 Å². The molecule has 0 aromatic rings. The van der Waals surface area contributed by atoms with Crippen LogP contribution in [0.5, 0.6) is 0 Å². The number of hydrogen-bond acceptors (Lipinski definition) is 4. The van der Waals surface area contributed by atoms with Crippen LogP contribution in [-0.4, -0.2) is 46.1 Å². The van der Waals surface area contributed by atoms with Crippen molar-refractivity contribution in [2.75, 3.05) is 6.61 Å². The molecule has 0 aromatic carbocycles. The summed E-state index contributed by atoms with van der Waals surface area (Å²) in [5, 5.41) is 33.4. The summed E-state index contributed by atoms with van der Waals surface area (Å²) in [6.45, 7) is 4.27. The Kier molecular flexibility index (Phi) is 40.1. The van der Waals surface area contributed by atoms with E-state index in [2.05, 4.69) is 31.3 Å². The number of aliphatic hydroxyl groups is 3. The van der Waals surface area contributed by atoms with Crippen molar-refractivity contribution in [1.82, 2.24) is 5.32 Å².